The molecule has 13 heteroatoms. The normalized spacial score (nSPS) is 12.4. The van der Waals surface area contributed by atoms with E-state index in [1.807, 2.05) is 45.8 Å². The Balaban J connectivity index is 1.63. The minimum Gasteiger partial charge on any atom is -0.453 e. The zero-order chi connectivity index (χ0) is 27.8. The van der Waals surface area contributed by atoms with E-state index in [9.17, 15) is 18.0 Å². The first-order valence-corrected chi connectivity index (χ1v) is 14.7. The van der Waals surface area contributed by atoms with Crippen LogP contribution in [-0.4, -0.2) is 37.1 Å². The van der Waals surface area contributed by atoms with E-state index >= 15 is 0 Å². The molecular formula is C26H24N4O6S3. The van der Waals surface area contributed by atoms with Gasteiger partial charge in [0.1, 0.15) is 10.7 Å². The van der Waals surface area contributed by atoms with Crippen LogP contribution in [0, 0.1) is 0 Å². The zero-order valence-corrected chi connectivity index (χ0v) is 23.0. The Morgan fingerprint density at radius 1 is 1.05 bits per heavy atom. The number of anilines is 1. The van der Waals surface area contributed by atoms with Crippen LogP contribution in [0.1, 0.15) is 22.9 Å². The lowest BCUT2D eigenvalue weighted by Crippen LogP contribution is -2.37. The fourth-order valence-electron chi connectivity index (χ4n) is 3.55. The standard InChI is InChI=1S/C26H24N4O6S3/c1-36-26(32)29-21(15-17-6-3-2-4-7-17)24(31)27-20(22-16-38-25(28-22)23-8-5-13-37-23)14-18-9-11-19(12-10-18)30-39(33,34)35/h2-13,15-16,20,30H,14H2,1H3,(H,27,31)(H,29,32)(H,33,34,35)/b21-15-/t20-/m0/s1. The number of thiophene rings is 1. The van der Waals surface area contributed by atoms with Gasteiger partial charge in [-0.05, 0) is 47.2 Å². The highest BCUT2D eigenvalue weighted by Crippen LogP contribution is 2.31. The topological polar surface area (TPSA) is 147 Å². The molecule has 2 amide bonds. The molecule has 10 nitrogen and oxygen atoms in total. The maximum atomic E-state index is 13.4. The number of nitrogens with one attached hydrogen (secondary N) is 3. The monoisotopic (exact) mass is 584 g/mol. The molecule has 4 aromatic rings. The Bertz CT molecular complexity index is 1550. The van der Waals surface area contributed by atoms with Gasteiger partial charge in [-0.2, -0.15) is 8.42 Å². The highest BCUT2D eigenvalue weighted by molar-refractivity contribution is 7.87. The van der Waals surface area contributed by atoms with E-state index in [-0.39, 0.29) is 11.4 Å². The lowest BCUT2D eigenvalue weighted by atomic mass is 10.0. The summed E-state index contributed by atoms with van der Waals surface area (Å²) in [6, 6.07) is 18.7. The summed E-state index contributed by atoms with van der Waals surface area (Å²) in [7, 11) is -3.20. The number of thiazole rings is 1. The second-order valence-corrected chi connectivity index (χ2v) is 11.1. The molecular weight excluding hydrogens is 561 g/mol. The average Bonchev–Trinajstić information content (AvgIpc) is 3.61. The summed E-state index contributed by atoms with van der Waals surface area (Å²) in [5, 5.41) is 10.1. The van der Waals surface area contributed by atoms with E-state index in [4.69, 9.17) is 14.3 Å². The van der Waals surface area contributed by atoms with Gasteiger partial charge in [-0.15, -0.1) is 22.7 Å². The number of carbonyl (C=O) groups is 2. The van der Waals surface area contributed by atoms with Crippen molar-refractivity contribution in [3.63, 3.8) is 0 Å². The van der Waals surface area contributed by atoms with Crippen molar-refractivity contribution in [1.82, 2.24) is 15.6 Å². The number of rotatable bonds is 10. The Labute approximate surface area is 233 Å². The van der Waals surface area contributed by atoms with Crippen molar-refractivity contribution in [2.75, 3.05) is 11.8 Å². The van der Waals surface area contributed by atoms with Crippen LogP contribution in [0.15, 0.2) is 83.2 Å². The predicted molar refractivity (Wildman–Crippen MR) is 152 cm³/mol. The molecule has 2 aromatic heterocycles. The average molecular weight is 585 g/mol. The molecule has 0 radical (unpaired) electrons. The summed E-state index contributed by atoms with van der Waals surface area (Å²) >= 11 is 3.00. The molecule has 0 bridgehead atoms. The number of hydrogen-bond acceptors (Lipinski definition) is 8. The number of methoxy groups -OCH3 is 1. The van der Waals surface area contributed by atoms with E-state index < -0.39 is 28.3 Å². The summed E-state index contributed by atoms with van der Waals surface area (Å²) in [4.78, 5) is 31.2. The van der Waals surface area contributed by atoms with Gasteiger partial charge >= 0.3 is 16.4 Å². The van der Waals surface area contributed by atoms with Crippen LogP contribution < -0.4 is 15.4 Å². The van der Waals surface area contributed by atoms with Gasteiger partial charge in [-0.3, -0.25) is 19.4 Å². The summed E-state index contributed by atoms with van der Waals surface area (Å²) in [6.45, 7) is 0. The van der Waals surface area contributed by atoms with Crippen molar-refractivity contribution in [1.29, 1.82) is 0 Å². The molecule has 0 aliphatic carbocycles. The molecule has 2 aromatic carbocycles. The highest BCUT2D eigenvalue weighted by atomic mass is 32.2. The number of hydrogen-bond donors (Lipinski definition) is 4. The van der Waals surface area contributed by atoms with Crippen LogP contribution >= 0.6 is 22.7 Å². The fraction of sp³-hybridized carbons (Fsp3) is 0.115. The van der Waals surface area contributed by atoms with Crippen LogP contribution in [0.4, 0.5) is 10.5 Å². The molecule has 0 aliphatic rings. The van der Waals surface area contributed by atoms with Gasteiger partial charge in [0.05, 0.1) is 29.4 Å². The van der Waals surface area contributed by atoms with Crippen molar-refractivity contribution in [2.45, 2.75) is 12.5 Å². The molecule has 0 aliphatic heterocycles. The van der Waals surface area contributed by atoms with Gasteiger partial charge in [0, 0.05) is 5.38 Å². The number of aromatic nitrogens is 1. The molecule has 0 fully saturated rings. The lowest BCUT2D eigenvalue weighted by Gasteiger charge is -2.19. The van der Waals surface area contributed by atoms with E-state index in [1.54, 1.807) is 35.6 Å². The molecule has 0 saturated heterocycles. The molecule has 0 saturated carbocycles. The third kappa shape index (κ3) is 8.22. The Morgan fingerprint density at radius 2 is 1.79 bits per heavy atom. The first-order chi connectivity index (χ1) is 18.7. The number of amides is 2. The van der Waals surface area contributed by atoms with Gasteiger partial charge in [0.25, 0.3) is 5.91 Å². The molecule has 202 valence electrons. The lowest BCUT2D eigenvalue weighted by molar-refractivity contribution is -0.118. The highest BCUT2D eigenvalue weighted by Gasteiger charge is 2.22. The molecule has 0 unspecified atom stereocenters. The maximum Gasteiger partial charge on any atom is 0.411 e. The summed E-state index contributed by atoms with van der Waals surface area (Å²) in [6.07, 6.45) is 1.05. The second kappa shape index (κ2) is 12.7. The predicted octanol–water partition coefficient (Wildman–Crippen LogP) is 4.88. The minimum atomic E-state index is -4.40. The molecule has 2 heterocycles. The summed E-state index contributed by atoms with van der Waals surface area (Å²) in [5.74, 6) is -0.551. The van der Waals surface area contributed by atoms with Crippen molar-refractivity contribution < 1.29 is 27.3 Å². The minimum absolute atomic E-state index is 0.0144. The van der Waals surface area contributed by atoms with Crippen LogP contribution in [0.3, 0.4) is 0 Å². The Hall–Kier alpha value is -4.04. The van der Waals surface area contributed by atoms with Gasteiger partial charge in [-0.1, -0.05) is 48.5 Å². The molecule has 4 N–H and O–H groups in total. The second-order valence-electron chi connectivity index (χ2n) is 8.14. The Morgan fingerprint density at radius 3 is 2.44 bits per heavy atom. The number of ether oxygens (including phenoxy) is 1. The molecule has 0 spiro atoms. The number of nitrogens with zero attached hydrogens (tertiary/aromatic N) is 1. The van der Waals surface area contributed by atoms with Crippen molar-refractivity contribution in [3.8, 4) is 9.88 Å². The van der Waals surface area contributed by atoms with Gasteiger partial charge in [-0.25, -0.2) is 9.78 Å². The first-order valence-electron chi connectivity index (χ1n) is 11.5. The van der Waals surface area contributed by atoms with E-state index in [1.165, 1.54) is 36.7 Å². The quantitative estimate of drug-likeness (QED) is 0.153. The Kier molecular flexibility index (Phi) is 9.09. The van der Waals surface area contributed by atoms with Crippen molar-refractivity contribution >= 4 is 56.7 Å². The van der Waals surface area contributed by atoms with Gasteiger partial charge < -0.3 is 10.1 Å². The van der Waals surface area contributed by atoms with E-state index in [2.05, 4.69) is 10.6 Å². The van der Waals surface area contributed by atoms with Gasteiger partial charge in [0.15, 0.2) is 0 Å². The number of alkyl carbamates (subject to hydrolysis) is 1. The molecule has 39 heavy (non-hydrogen) atoms. The number of benzene rings is 2. The van der Waals surface area contributed by atoms with Gasteiger partial charge in [0.2, 0.25) is 0 Å². The molecule has 4 rings (SSSR count). The fourth-order valence-corrected chi connectivity index (χ4v) is 5.68. The van der Waals surface area contributed by atoms with Crippen molar-refractivity contribution in [2.24, 2.45) is 0 Å². The third-order valence-electron chi connectivity index (χ3n) is 5.33. The van der Waals surface area contributed by atoms with Crippen LogP contribution in [0.5, 0.6) is 0 Å². The summed E-state index contributed by atoms with van der Waals surface area (Å²) in [5.41, 5.74) is 2.26. The largest absolute Gasteiger partial charge is 0.453 e. The van der Waals surface area contributed by atoms with Crippen LogP contribution in [0.25, 0.3) is 16.0 Å². The zero-order valence-electron chi connectivity index (χ0n) is 20.5. The maximum absolute atomic E-state index is 13.4. The first kappa shape index (κ1) is 28.0. The van der Waals surface area contributed by atoms with Crippen LogP contribution in [-0.2, 0) is 26.3 Å². The SMILES string of the molecule is COC(=O)N/C(=C\c1ccccc1)C(=O)N[C@@H](Cc1ccc(NS(=O)(=O)O)cc1)c1csc(-c2cccs2)n1. The molecule has 1 atom stereocenters. The summed E-state index contributed by atoms with van der Waals surface area (Å²) < 4.78 is 37.9. The van der Waals surface area contributed by atoms with E-state index in [0.29, 0.717) is 17.7 Å². The number of carbonyl (C=O) groups excluding carboxylic acids is 2. The van der Waals surface area contributed by atoms with Crippen molar-refractivity contribution in [3.05, 3.63) is 100 Å². The van der Waals surface area contributed by atoms with E-state index in [0.717, 1.165) is 15.4 Å². The third-order valence-corrected chi connectivity index (χ3v) is 7.73. The smallest absolute Gasteiger partial charge is 0.411 e. The van der Waals surface area contributed by atoms with Crippen LogP contribution in [0.2, 0.25) is 0 Å².